The maximum Gasteiger partial charge on any atom is 0.319 e. The van der Waals surface area contributed by atoms with Gasteiger partial charge in [0.15, 0.2) is 0 Å². The van der Waals surface area contributed by atoms with Crippen LogP contribution in [0.15, 0.2) is 30.3 Å². The van der Waals surface area contributed by atoms with Crippen LogP contribution >= 0.6 is 0 Å². The van der Waals surface area contributed by atoms with Gasteiger partial charge in [-0.2, -0.15) is 0 Å². The molecule has 1 aliphatic rings. The zero-order valence-electron chi connectivity index (χ0n) is 13.5. The normalized spacial score (nSPS) is 17.2. The fourth-order valence-electron chi connectivity index (χ4n) is 2.76. The highest BCUT2D eigenvalue weighted by molar-refractivity contribution is 5.89. The molecule has 1 aromatic carbocycles. The lowest BCUT2D eigenvalue weighted by molar-refractivity contribution is 0.0130. The van der Waals surface area contributed by atoms with Crippen molar-refractivity contribution in [3.8, 4) is 0 Å². The Morgan fingerprint density at radius 3 is 2.55 bits per heavy atom. The molecule has 0 radical (unpaired) electrons. The number of hydrogen-bond donors (Lipinski definition) is 2. The largest absolute Gasteiger partial charge is 0.379 e. The molecule has 5 nitrogen and oxygen atoms in total. The maximum atomic E-state index is 12.0. The van der Waals surface area contributed by atoms with Gasteiger partial charge in [0.1, 0.15) is 0 Å². The first-order valence-corrected chi connectivity index (χ1v) is 8.07. The Bertz CT molecular complexity index is 444. The lowest BCUT2D eigenvalue weighted by atomic mass is 10.0. The van der Waals surface area contributed by atoms with Crippen LogP contribution in [0.4, 0.5) is 10.5 Å². The third-order valence-corrected chi connectivity index (χ3v) is 3.84. The second-order valence-corrected chi connectivity index (χ2v) is 6.13. The van der Waals surface area contributed by atoms with Gasteiger partial charge in [-0.1, -0.05) is 32.0 Å². The Hall–Kier alpha value is -1.59. The van der Waals surface area contributed by atoms with Crippen molar-refractivity contribution >= 4 is 11.7 Å². The zero-order valence-corrected chi connectivity index (χ0v) is 13.5. The summed E-state index contributed by atoms with van der Waals surface area (Å²) in [5, 5.41) is 5.86. The van der Waals surface area contributed by atoms with Gasteiger partial charge in [-0.05, 0) is 24.5 Å². The quantitative estimate of drug-likeness (QED) is 0.849. The average molecular weight is 305 g/mol. The second-order valence-electron chi connectivity index (χ2n) is 6.13. The van der Waals surface area contributed by atoms with E-state index in [4.69, 9.17) is 4.74 Å². The van der Waals surface area contributed by atoms with Crippen LogP contribution in [0.1, 0.15) is 20.3 Å². The minimum absolute atomic E-state index is 0.145. The predicted octanol–water partition coefficient (Wildman–Crippen LogP) is 2.56. The lowest BCUT2D eigenvalue weighted by Gasteiger charge is -2.35. The first-order chi connectivity index (χ1) is 10.6. The van der Waals surface area contributed by atoms with E-state index >= 15 is 0 Å². The predicted molar refractivity (Wildman–Crippen MR) is 89.1 cm³/mol. The highest BCUT2D eigenvalue weighted by atomic mass is 16.5. The monoisotopic (exact) mass is 305 g/mol. The van der Waals surface area contributed by atoms with Gasteiger partial charge in [0.05, 0.1) is 13.2 Å². The fraction of sp³-hybridized carbons (Fsp3) is 0.588. The Labute approximate surface area is 133 Å². The summed E-state index contributed by atoms with van der Waals surface area (Å²) in [6, 6.07) is 9.73. The number of para-hydroxylation sites is 1. The molecule has 22 heavy (non-hydrogen) atoms. The molecule has 1 atom stereocenters. The Balaban J connectivity index is 1.83. The van der Waals surface area contributed by atoms with Crippen molar-refractivity contribution in [1.29, 1.82) is 0 Å². The van der Waals surface area contributed by atoms with Crippen molar-refractivity contribution in [3.63, 3.8) is 0 Å². The van der Waals surface area contributed by atoms with E-state index in [0.29, 0.717) is 18.5 Å². The lowest BCUT2D eigenvalue weighted by Crippen LogP contribution is -2.49. The Morgan fingerprint density at radius 1 is 1.23 bits per heavy atom. The van der Waals surface area contributed by atoms with E-state index in [9.17, 15) is 4.79 Å². The molecule has 1 unspecified atom stereocenters. The summed E-state index contributed by atoms with van der Waals surface area (Å²) in [6.45, 7) is 8.56. The van der Waals surface area contributed by atoms with Gasteiger partial charge in [0, 0.05) is 31.4 Å². The zero-order chi connectivity index (χ0) is 15.8. The Kier molecular flexibility index (Phi) is 6.68. The maximum absolute atomic E-state index is 12.0. The van der Waals surface area contributed by atoms with Gasteiger partial charge in [-0.3, -0.25) is 4.90 Å². The highest BCUT2D eigenvalue weighted by Crippen LogP contribution is 2.13. The summed E-state index contributed by atoms with van der Waals surface area (Å²) in [5.74, 6) is 0.604. The van der Waals surface area contributed by atoms with Crippen molar-refractivity contribution in [3.05, 3.63) is 30.3 Å². The molecule has 2 N–H and O–H groups in total. The van der Waals surface area contributed by atoms with E-state index in [1.54, 1.807) is 0 Å². The number of benzene rings is 1. The van der Waals surface area contributed by atoms with E-state index in [2.05, 4.69) is 29.4 Å². The minimum Gasteiger partial charge on any atom is -0.379 e. The molecule has 122 valence electrons. The molecule has 1 aromatic rings. The number of carbonyl (C=O) groups is 1. The number of anilines is 1. The molecule has 0 spiro atoms. The smallest absolute Gasteiger partial charge is 0.319 e. The Morgan fingerprint density at radius 2 is 1.91 bits per heavy atom. The van der Waals surface area contributed by atoms with Crippen molar-refractivity contribution in [2.75, 3.05) is 38.2 Å². The molecular weight excluding hydrogens is 278 g/mol. The molecule has 2 rings (SSSR count). The number of rotatable bonds is 6. The molecule has 1 fully saturated rings. The molecule has 2 amide bonds. The van der Waals surface area contributed by atoms with Crippen LogP contribution < -0.4 is 10.6 Å². The molecule has 0 bridgehead atoms. The topological polar surface area (TPSA) is 53.6 Å². The van der Waals surface area contributed by atoms with E-state index in [1.165, 1.54) is 0 Å². The van der Waals surface area contributed by atoms with Gasteiger partial charge in [-0.15, -0.1) is 0 Å². The number of ether oxygens (including phenoxy) is 1. The summed E-state index contributed by atoms with van der Waals surface area (Å²) in [6.07, 6.45) is 1.08. The number of morpholine rings is 1. The SMILES string of the molecule is CC(C)CC(CNC(=O)Nc1ccccc1)N1CCOCC1. The standard InChI is InChI=1S/C17H27N3O2/c1-14(2)12-16(20-8-10-22-11-9-20)13-18-17(21)19-15-6-4-3-5-7-15/h3-7,14,16H,8-13H2,1-2H3,(H2,18,19,21). The van der Waals surface area contributed by atoms with Gasteiger partial charge >= 0.3 is 6.03 Å². The number of hydrogen-bond acceptors (Lipinski definition) is 3. The minimum atomic E-state index is -0.145. The third-order valence-electron chi connectivity index (χ3n) is 3.84. The molecule has 1 heterocycles. The molecule has 0 aromatic heterocycles. The first kappa shape index (κ1) is 16.8. The van der Waals surface area contributed by atoms with Crippen molar-refractivity contribution in [1.82, 2.24) is 10.2 Å². The van der Waals surface area contributed by atoms with Crippen LogP contribution in [0.2, 0.25) is 0 Å². The van der Waals surface area contributed by atoms with Crippen LogP contribution in [0.25, 0.3) is 0 Å². The average Bonchev–Trinajstić information content (AvgIpc) is 2.53. The third kappa shape index (κ3) is 5.66. The van der Waals surface area contributed by atoms with Gasteiger partial charge < -0.3 is 15.4 Å². The van der Waals surface area contributed by atoms with Crippen LogP contribution in [0, 0.1) is 5.92 Å². The number of carbonyl (C=O) groups excluding carboxylic acids is 1. The summed E-state index contributed by atoms with van der Waals surface area (Å²) >= 11 is 0. The molecule has 1 aliphatic heterocycles. The number of nitrogens with one attached hydrogen (secondary N) is 2. The van der Waals surface area contributed by atoms with Crippen LogP contribution in [-0.2, 0) is 4.74 Å². The number of urea groups is 1. The summed E-state index contributed by atoms with van der Waals surface area (Å²) < 4.78 is 5.42. The van der Waals surface area contributed by atoms with Gasteiger partial charge in [-0.25, -0.2) is 4.79 Å². The van der Waals surface area contributed by atoms with Gasteiger partial charge in [0.2, 0.25) is 0 Å². The first-order valence-electron chi connectivity index (χ1n) is 8.07. The van der Waals surface area contributed by atoms with E-state index in [-0.39, 0.29) is 6.03 Å². The van der Waals surface area contributed by atoms with E-state index in [1.807, 2.05) is 30.3 Å². The van der Waals surface area contributed by atoms with Crippen molar-refractivity contribution in [2.45, 2.75) is 26.3 Å². The van der Waals surface area contributed by atoms with Crippen molar-refractivity contribution in [2.24, 2.45) is 5.92 Å². The molecule has 5 heteroatoms. The van der Waals surface area contributed by atoms with Crippen molar-refractivity contribution < 1.29 is 9.53 Å². The summed E-state index contributed by atoms with van der Waals surface area (Å²) in [4.78, 5) is 14.4. The highest BCUT2D eigenvalue weighted by Gasteiger charge is 2.22. The van der Waals surface area contributed by atoms with Crippen LogP contribution in [-0.4, -0.2) is 49.8 Å². The summed E-state index contributed by atoms with van der Waals surface area (Å²) in [5.41, 5.74) is 0.812. The summed E-state index contributed by atoms with van der Waals surface area (Å²) in [7, 11) is 0. The van der Waals surface area contributed by atoms with Gasteiger partial charge in [0.25, 0.3) is 0 Å². The van der Waals surface area contributed by atoms with Crippen LogP contribution in [0.5, 0.6) is 0 Å². The van der Waals surface area contributed by atoms with E-state index in [0.717, 1.165) is 38.4 Å². The van der Waals surface area contributed by atoms with Crippen LogP contribution in [0.3, 0.4) is 0 Å². The molecule has 1 saturated heterocycles. The second kappa shape index (κ2) is 8.76. The molecule has 0 aliphatic carbocycles. The fourth-order valence-corrected chi connectivity index (χ4v) is 2.76. The molecule has 0 saturated carbocycles. The number of nitrogens with zero attached hydrogens (tertiary/aromatic N) is 1. The molecular formula is C17H27N3O2. The van der Waals surface area contributed by atoms with E-state index < -0.39 is 0 Å². The number of amides is 2.